The number of hydrogen-bond donors (Lipinski definition) is 0. The van der Waals surface area contributed by atoms with E-state index in [0.29, 0.717) is 0 Å². The van der Waals surface area contributed by atoms with E-state index in [9.17, 15) is 0 Å². The van der Waals surface area contributed by atoms with Crippen LogP contribution in [0.4, 0.5) is 0 Å². The Kier molecular flexibility index (Phi) is 7.93. The van der Waals surface area contributed by atoms with Crippen LogP contribution in [0.2, 0.25) is 0 Å². The second kappa shape index (κ2) is 13.5. The third-order valence-corrected chi connectivity index (χ3v) is 10.9. The molecule has 10 aromatic carbocycles. The number of fused-ring (bicyclic) bond motifs is 3. The SMILES string of the molecule is c1ccc(-c2cccc(-c3cccc(-c4c5ccccc5c(-c5ccccc5-c5cccc(-c6cccc7ccccc67)c5)c5ccccc45)c3)c2)cc1. The lowest BCUT2D eigenvalue weighted by Crippen LogP contribution is -1.93. The van der Waals surface area contributed by atoms with Gasteiger partial charge in [-0.25, -0.2) is 0 Å². The van der Waals surface area contributed by atoms with Crippen LogP contribution in [0.15, 0.2) is 218 Å². The second-order valence-electron chi connectivity index (χ2n) is 14.0. The molecule has 0 N–H and O–H groups in total. The fourth-order valence-corrected chi connectivity index (χ4v) is 8.38. The summed E-state index contributed by atoms with van der Waals surface area (Å²) >= 11 is 0. The van der Waals surface area contributed by atoms with Crippen molar-refractivity contribution >= 4 is 32.3 Å². The predicted molar refractivity (Wildman–Crippen MR) is 232 cm³/mol. The van der Waals surface area contributed by atoms with Crippen LogP contribution in [0.5, 0.6) is 0 Å². The molecule has 0 aliphatic carbocycles. The molecule has 0 amide bonds. The van der Waals surface area contributed by atoms with Gasteiger partial charge in [-0.2, -0.15) is 0 Å². The largest absolute Gasteiger partial charge is 0.0622 e. The first-order chi connectivity index (χ1) is 26.8. The molecule has 0 heteroatoms. The van der Waals surface area contributed by atoms with Gasteiger partial charge in [-0.05, 0) is 117 Å². The molecule has 0 radical (unpaired) electrons. The monoisotopic (exact) mass is 684 g/mol. The molecule has 0 bridgehead atoms. The molecule has 0 spiro atoms. The highest BCUT2D eigenvalue weighted by molar-refractivity contribution is 6.22. The molecular weight excluding hydrogens is 649 g/mol. The average molecular weight is 685 g/mol. The first-order valence-electron chi connectivity index (χ1n) is 18.7. The van der Waals surface area contributed by atoms with Crippen molar-refractivity contribution in [2.45, 2.75) is 0 Å². The Labute approximate surface area is 316 Å². The Hall–Kier alpha value is -7.02. The van der Waals surface area contributed by atoms with Gasteiger partial charge in [-0.1, -0.05) is 200 Å². The van der Waals surface area contributed by atoms with Crippen LogP contribution in [0.1, 0.15) is 0 Å². The van der Waals surface area contributed by atoms with Gasteiger partial charge in [0, 0.05) is 0 Å². The van der Waals surface area contributed by atoms with Gasteiger partial charge in [0.2, 0.25) is 0 Å². The van der Waals surface area contributed by atoms with E-state index in [0.717, 1.165) is 0 Å². The van der Waals surface area contributed by atoms with Crippen molar-refractivity contribution in [2.75, 3.05) is 0 Å². The van der Waals surface area contributed by atoms with E-state index in [1.807, 2.05) is 0 Å². The normalized spacial score (nSPS) is 11.3. The van der Waals surface area contributed by atoms with Gasteiger partial charge in [-0.3, -0.25) is 0 Å². The summed E-state index contributed by atoms with van der Waals surface area (Å²) < 4.78 is 0. The van der Waals surface area contributed by atoms with Gasteiger partial charge in [0.1, 0.15) is 0 Å². The number of rotatable bonds is 6. The number of benzene rings is 10. The van der Waals surface area contributed by atoms with Gasteiger partial charge in [0.05, 0.1) is 0 Å². The molecule has 0 fully saturated rings. The van der Waals surface area contributed by atoms with E-state index in [2.05, 4.69) is 218 Å². The standard InChI is InChI=1S/C54H36/c1-2-16-37(17-3-1)39-20-12-21-40(34-39)41-22-13-25-44(35-41)53-49-29-8-10-31-51(49)54(52-32-11-9-30-50(52)53)48-28-7-6-27-47(48)43-24-14-23-42(36-43)46-33-15-19-38-18-4-5-26-45(38)46/h1-36H. The Morgan fingerprint density at radius 2 is 0.556 bits per heavy atom. The van der Waals surface area contributed by atoms with Gasteiger partial charge in [0.15, 0.2) is 0 Å². The highest BCUT2D eigenvalue weighted by Gasteiger charge is 2.19. The van der Waals surface area contributed by atoms with Crippen molar-refractivity contribution in [3.8, 4) is 66.8 Å². The summed E-state index contributed by atoms with van der Waals surface area (Å²) in [7, 11) is 0. The summed E-state index contributed by atoms with van der Waals surface area (Å²) in [5.74, 6) is 0. The second-order valence-corrected chi connectivity index (χ2v) is 14.0. The Bertz CT molecular complexity index is 2920. The van der Waals surface area contributed by atoms with E-state index in [1.54, 1.807) is 0 Å². The lowest BCUT2D eigenvalue weighted by molar-refractivity contribution is 1.58. The van der Waals surface area contributed by atoms with Crippen molar-refractivity contribution in [3.63, 3.8) is 0 Å². The summed E-state index contributed by atoms with van der Waals surface area (Å²) in [5.41, 5.74) is 14.8. The quantitative estimate of drug-likeness (QED) is 0.153. The van der Waals surface area contributed by atoms with Gasteiger partial charge < -0.3 is 0 Å². The van der Waals surface area contributed by atoms with E-state index in [-0.39, 0.29) is 0 Å². The summed E-state index contributed by atoms with van der Waals surface area (Å²) in [6, 6.07) is 79.7. The van der Waals surface area contributed by atoms with E-state index < -0.39 is 0 Å². The minimum absolute atomic E-state index is 1.21. The molecular formula is C54H36. The van der Waals surface area contributed by atoms with Crippen molar-refractivity contribution < 1.29 is 0 Å². The maximum atomic E-state index is 2.37. The van der Waals surface area contributed by atoms with Crippen molar-refractivity contribution in [2.24, 2.45) is 0 Å². The van der Waals surface area contributed by atoms with Crippen LogP contribution in [0.25, 0.3) is 99.1 Å². The first kappa shape index (κ1) is 31.7. The van der Waals surface area contributed by atoms with Crippen molar-refractivity contribution in [1.82, 2.24) is 0 Å². The third kappa shape index (κ3) is 5.57. The van der Waals surface area contributed by atoms with Crippen LogP contribution in [-0.2, 0) is 0 Å². The molecule has 10 rings (SSSR count). The highest BCUT2D eigenvalue weighted by atomic mass is 14.2. The van der Waals surface area contributed by atoms with Crippen molar-refractivity contribution in [3.05, 3.63) is 218 Å². The maximum Gasteiger partial charge on any atom is -0.00201 e. The molecule has 0 saturated heterocycles. The molecule has 0 aliphatic heterocycles. The molecule has 0 unspecified atom stereocenters. The van der Waals surface area contributed by atoms with Crippen LogP contribution in [-0.4, -0.2) is 0 Å². The summed E-state index contributed by atoms with van der Waals surface area (Å²) in [6.07, 6.45) is 0. The fraction of sp³-hybridized carbons (Fsp3) is 0. The summed E-state index contributed by atoms with van der Waals surface area (Å²) in [5, 5.41) is 7.53. The van der Waals surface area contributed by atoms with Crippen LogP contribution in [0, 0.1) is 0 Å². The molecule has 0 nitrogen and oxygen atoms in total. The molecule has 0 heterocycles. The van der Waals surface area contributed by atoms with E-state index >= 15 is 0 Å². The zero-order chi connectivity index (χ0) is 35.8. The van der Waals surface area contributed by atoms with Gasteiger partial charge >= 0.3 is 0 Å². The zero-order valence-electron chi connectivity index (χ0n) is 29.8. The molecule has 252 valence electrons. The molecule has 0 aliphatic rings. The first-order valence-corrected chi connectivity index (χ1v) is 18.7. The average Bonchev–Trinajstić information content (AvgIpc) is 3.26. The molecule has 0 saturated carbocycles. The third-order valence-electron chi connectivity index (χ3n) is 10.9. The Balaban J connectivity index is 1.15. The van der Waals surface area contributed by atoms with Gasteiger partial charge in [0.25, 0.3) is 0 Å². The van der Waals surface area contributed by atoms with Gasteiger partial charge in [-0.15, -0.1) is 0 Å². The molecule has 0 aromatic heterocycles. The van der Waals surface area contributed by atoms with Crippen LogP contribution in [0.3, 0.4) is 0 Å². The number of hydrogen-bond acceptors (Lipinski definition) is 0. The molecule has 10 aromatic rings. The predicted octanol–water partition coefficient (Wildman–Crippen LogP) is 15.1. The van der Waals surface area contributed by atoms with Crippen LogP contribution < -0.4 is 0 Å². The minimum atomic E-state index is 1.21. The lowest BCUT2D eigenvalue weighted by atomic mass is 9.83. The zero-order valence-corrected chi connectivity index (χ0v) is 29.8. The van der Waals surface area contributed by atoms with E-state index in [1.165, 1.54) is 99.1 Å². The Morgan fingerprint density at radius 3 is 1.22 bits per heavy atom. The van der Waals surface area contributed by atoms with Crippen molar-refractivity contribution in [1.29, 1.82) is 0 Å². The highest BCUT2D eigenvalue weighted by Crippen LogP contribution is 2.47. The maximum absolute atomic E-state index is 2.37. The topological polar surface area (TPSA) is 0 Å². The Morgan fingerprint density at radius 1 is 0.185 bits per heavy atom. The minimum Gasteiger partial charge on any atom is -0.0622 e. The fourth-order valence-electron chi connectivity index (χ4n) is 8.38. The summed E-state index contributed by atoms with van der Waals surface area (Å²) in [6.45, 7) is 0. The van der Waals surface area contributed by atoms with E-state index in [4.69, 9.17) is 0 Å². The lowest BCUT2D eigenvalue weighted by Gasteiger charge is -2.20. The molecule has 0 atom stereocenters. The summed E-state index contributed by atoms with van der Waals surface area (Å²) in [4.78, 5) is 0. The molecule has 54 heavy (non-hydrogen) atoms. The van der Waals surface area contributed by atoms with Crippen LogP contribution >= 0.6 is 0 Å². The smallest absolute Gasteiger partial charge is 0.00201 e.